The van der Waals surface area contributed by atoms with E-state index in [0.717, 1.165) is 24.1 Å². The van der Waals surface area contributed by atoms with Gasteiger partial charge in [-0.3, -0.25) is 0 Å². The monoisotopic (exact) mass is 260 g/mol. The molecule has 1 saturated heterocycles. The molecule has 4 nitrogen and oxygen atoms in total. The zero-order valence-electron chi connectivity index (χ0n) is 11.3. The van der Waals surface area contributed by atoms with Crippen molar-refractivity contribution in [3.63, 3.8) is 0 Å². The Balaban J connectivity index is 1.58. The summed E-state index contributed by atoms with van der Waals surface area (Å²) in [5, 5.41) is 3.51. The van der Waals surface area contributed by atoms with Gasteiger partial charge in [-0.1, -0.05) is 0 Å². The maximum atomic E-state index is 5.50. The smallest absolute Gasteiger partial charge is 0.231 e. The minimum absolute atomic E-state index is 0.355. The van der Waals surface area contributed by atoms with E-state index in [1.165, 1.54) is 37.1 Å². The summed E-state index contributed by atoms with van der Waals surface area (Å²) in [4.78, 5) is 2.50. The molecule has 0 aliphatic carbocycles. The van der Waals surface area contributed by atoms with E-state index in [9.17, 15) is 0 Å². The molecule has 3 aliphatic heterocycles. The van der Waals surface area contributed by atoms with Crippen LogP contribution in [0, 0.1) is 0 Å². The zero-order chi connectivity index (χ0) is 12.8. The second kappa shape index (κ2) is 4.30. The predicted molar refractivity (Wildman–Crippen MR) is 74.1 cm³/mol. The Morgan fingerprint density at radius 3 is 2.95 bits per heavy atom. The molecule has 0 aromatic heterocycles. The third-order valence-corrected chi connectivity index (χ3v) is 4.75. The molecule has 0 amide bonds. The first kappa shape index (κ1) is 11.4. The Hall–Kier alpha value is -1.42. The topological polar surface area (TPSA) is 33.7 Å². The molecule has 4 rings (SSSR count). The Labute approximate surface area is 113 Å². The van der Waals surface area contributed by atoms with E-state index in [4.69, 9.17) is 9.47 Å². The fourth-order valence-corrected chi connectivity index (χ4v) is 3.61. The van der Waals surface area contributed by atoms with Crippen LogP contribution in [0.4, 0.5) is 5.69 Å². The van der Waals surface area contributed by atoms with Crippen LogP contribution in [0.5, 0.6) is 11.5 Å². The quantitative estimate of drug-likeness (QED) is 0.885. The van der Waals surface area contributed by atoms with Crippen LogP contribution in [0.3, 0.4) is 0 Å². The normalized spacial score (nSPS) is 28.5. The maximum absolute atomic E-state index is 5.50. The van der Waals surface area contributed by atoms with Gasteiger partial charge in [0.25, 0.3) is 0 Å². The van der Waals surface area contributed by atoms with Crippen LogP contribution in [0.2, 0.25) is 0 Å². The van der Waals surface area contributed by atoms with Crippen LogP contribution in [-0.4, -0.2) is 37.9 Å². The van der Waals surface area contributed by atoms with Gasteiger partial charge in [-0.2, -0.15) is 0 Å². The summed E-state index contributed by atoms with van der Waals surface area (Å²) < 4.78 is 10.9. The van der Waals surface area contributed by atoms with Gasteiger partial charge >= 0.3 is 0 Å². The van der Waals surface area contributed by atoms with Gasteiger partial charge in [0, 0.05) is 30.3 Å². The number of fused-ring (bicyclic) bond motifs is 2. The summed E-state index contributed by atoms with van der Waals surface area (Å²) in [6, 6.07) is 5.01. The highest BCUT2D eigenvalue weighted by Gasteiger charge is 2.31. The average Bonchev–Trinajstić information content (AvgIpc) is 3.09. The minimum Gasteiger partial charge on any atom is -0.454 e. The first-order valence-electron chi connectivity index (χ1n) is 7.19. The number of benzene rings is 1. The number of hydrogen-bond donors (Lipinski definition) is 1. The van der Waals surface area contributed by atoms with E-state index < -0.39 is 0 Å². The predicted octanol–water partition coefficient (Wildman–Crippen LogP) is 2.41. The highest BCUT2D eigenvalue weighted by Crippen LogP contribution is 2.44. The number of hydrogen-bond acceptors (Lipinski definition) is 4. The molecule has 1 aromatic rings. The molecule has 1 N–H and O–H groups in total. The third-order valence-electron chi connectivity index (χ3n) is 4.75. The molecule has 0 bridgehead atoms. The van der Waals surface area contributed by atoms with Crippen LogP contribution in [0.15, 0.2) is 12.1 Å². The number of nitrogens with one attached hydrogen (secondary N) is 1. The van der Waals surface area contributed by atoms with E-state index in [2.05, 4.69) is 29.4 Å². The molecule has 3 heterocycles. The second-order valence-electron chi connectivity index (χ2n) is 5.88. The molecule has 0 radical (unpaired) electrons. The van der Waals surface area contributed by atoms with E-state index in [-0.39, 0.29) is 0 Å². The summed E-state index contributed by atoms with van der Waals surface area (Å²) in [6.45, 7) is 2.65. The van der Waals surface area contributed by atoms with Gasteiger partial charge < -0.3 is 19.7 Å². The van der Waals surface area contributed by atoms with Crippen molar-refractivity contribution >= 4 is 5.69 Å². The van der Waals surface area contributed by atoms with Crippen molar-refractivity contribution in [1.29, 1.82) is 0 Å². The Morgan fingerprint density at radius 2 is 2.16 bits per heavy atom. The Morgan fingerprint density at radius 1 is 1.32 bits per heavy atom. The minimum atomic E-state index is 0.355. The van der Waals surface area contributed by atoms with Gasteiger partial charge in [0.05, 0.1) is 0 Å². The number of anilines is 1. The lowest BCUT2D eigenvalue weighted by Gasteiger charge is -2.22. The lowest BCUT2D eigenvalue weighted by molar-refractivity contribution is 0.174. The molecule has 1 fully saturated rings. The molecule has 2 atom stereocenters. The summed E-state index contributed by atoms with van der Waals surface area (Å²) in [5.41, 5.74) is 2.64. The van der Waals surface area contributed by atoms with Crippen molar-refractivity contribution in [2.24, 2.45) is 0 Å². The van der Waals surface area contributed by atoms with E-state index in [1.807, 2.05) is 0 Å². The molecule has 102 valence electrons. The van der Waals surface area contributed by atoms with Crippen LogP contribution >= 0.6 is 0 Å². The summed E-state index contributed by atoms with van der Waals surface area (Å²) in [5.74, 6) is 2.40. The number of likely N-dealkylation sites (tertiary alicyclic amines) is 1. The third kappa shape index (κ3) is 1.86. The van der Waals surface area contributed by atoms with Gasteiger partial charge in [-0.15, -0.1) is 0 Å². The van der Waals surface area contributed by atoms with Gasteiger partial charge in [-0.25, -0.2) is 0 Å². The number of nitrogens with zero attached hydrogens (tertiary/aromatic N) is 1. The van der Waals surface area contributed by atoms with Crippen molar-refractivity contribution in [2.75, 3.05) is 32.2 Å². The van der Waals surface area contributed by atoms with Crippen molar-refractivity contribution in [3.8, 4) is 11.5 Å². The second-order valence-corrected chi connectivity index (χ2v) is 5.88. The number of ether oxygens (including phenoxy) is 2. The SMILES string of the molecule is CN1CCC[C@@H]1CC1CNc2cc3c(cc21)OCO3. The first-order valence-corrected chi connectivity index (χ1v) is 7.19. The lowest BCUT2D eigenvalue weighted by Crippen LogP contribution is -2.27. The van der Waals surface area contributed by atoms with Crippen molar-refractivity contribution in [1.82, 2.24) is 4.90 Å². The van der Waals surface area contributed by atoms with Crippen molar-refractivity contribution in [2.45, 2.75) is 31.2 Å². The van der Waals surface area contributed by atoms with E-state index >= 15 is 0 Å². The van der Waals surface area contributed by atoms with E-state index in [0.29, 0.717) is 12.7 Å². The summed E-state index contributed by atoms with van der Waals surface area (Å²) >= 11 is 0. The standard InChI is InChI=1S/C15H20N2O2/c1-17-4-2-3-11(17)5-10-8-16-13-7-15-14(6-12(10)13)18-9-19-15/h6-7,10-11,16H,2-5,8-9H2,1H3/t10?,11-/m1/s1. The highest BCUT2D eigenvalue weighted by molar-refractivity contribution is 5.65. The zero-order valence-corrected chi connectivity index (χ0v) is 11.3. The average molecular weight is 260 g/mol. The molecular formula is C15H20N2O2. The summed E-state index contributed by atoms with van der Waals surface area (Å²) in [7, 11) is 2.25. The van der Waals surface area contributed by atoms with Crippen LogP contribution in [0.1, 0.15) is 30.7 Å². The maximum Gasteiger partial charge on any atom is 0.231 e. The molecule has 0 saturated carbocycles. The number of rotatable bonds is 2. The Bertz CT molecular complexity index is 503. The summed E-state index contributed by atoms with van der Waals surface area (Å²) in [6.07, 6.45) is 3.93. The van der Waals surface area contributed by atoms with Gasteiger partial charge in [0.1, 0.15) is 0 Å². The molecule has 0 spiro atoms. The van der Waals surface area contributed by atoms with Crippen LogP contribution < -0.4 is 14.8 Å². The largest absolute Gasteiger partial charge is 0.454 e. The first-order chi connectivity index (χ1) is 9.31. The lowest BCUT2D eigenvalue weighted by atomic mass is 9.92. The molecule has 1 aromatic carbocycles. The highest BCUT2D eigenvalue weighted by atomic mass is 16.7. The molecule has 19 heavy (non-hydrogen) atoms. The van der Waals surface area contributed by atoms with Gasteiger partial charge in [0.2, 0.25) is 6.79 Å². The fraction of sp³-hybridized carbons (Fsp3) is 0.600. The fourth-order valence-electron chi connectivity index (χ4n) is 3.61. The van der Waals surface area contributed by atoms with Gasteiger partial charge in [0.15, 0.2) is 11.5 Å². The molecular weight excluding hydrogens is 240 g/mol. The van der Waals surface area contributed by atoms with E-state index in [1.54, 1.807) is 0 Å². The van der Waals surface area contributed by atoms with Crippen LogP contribution in [-0.2, 0) is 0 Å². The molecule has 3 aliphatic rings. The molecule has 4 heteroatoms. The van der Waals surface area contributed by atoms with Crippen molar-refractivity contribution in [3.05, 3.63) is 17.7 Å². The van der Waals surface area contributed by atoms with Crippen LogP contribution in [0.25, 0.3) is 0 Å². The van der Waals surface area contributed by atoms with Gasteiger partial charge in [-0.05, 0) is 44.5 Å². The van der Waals surface area contributed by atoms with Crippen molar-refractivity contribution < 1.29 is 9.47 Å². The molecule has 1 unspecified atom stereocenters. The Kier molecular flexibility index (Phi) is 2.58.